The maximum Gasteiger partial charge on any atom is 0.307 e. The number of fused-ring (bicyclic) bond motifs is 3. The van der Waals surface area contributed by atoms with E-state index in [9.17, 15) is 36.4 Å². The third kappa shape index (κ3) is 9.31. The number of sulfonamides is 1. The number of rotatable bonds is 11. The van der Waals surface area contributed by atoms with Gasteiger partial charge < -0.3 is 19.1 Å². The molecule has 2 aliphatic carbocycles. The Bertz CT molecular complexity index is 2070. The highest BCUT2D eigenvalue weighted by Gasteiger charge is 2.62. The first-order valence-corrected chi connectivity index (χ1v) is 21.7. The van der Waals surface area contributed by atoms with Crippen molar-refractivity contribution in [1.29, 1.82) is 0 Å². The van der Waals surface area contributed by atoms with Crippen LogP contribution in [0, 0.1) is 34.9 Å². The second-order valence-electron chi connectivity index (χ2n) is 17.3. The molecular weight excluding hydrogens is 780 g/mol. The highest BCUT2D eigenvalue weighted by molar-refractivity contribution is 7.90. The van der Waals surface area contributed by atoms with Gasteiger partial charge in [-0.2, -0.15) is 0 Å². The second-order valence-corrected chi connectivity index (χ2v) is 19.3. The Labute approximate surface area is 337 Å². The van der Waals surface area contributed by atoms with Crippen LogP contribution in [0.25, 0.3) is 10.8 Å². The van der Waals surface area contributed by atoms with E-state index < -0.39 is 97.9 Å². The standard InChI is InChI=1S/C42H54F3N3O9S/c1-7-55-35-17-26-14-15-46-37(31(26)19-32(35)43)56-28-18-33-34(49)22-42(39(52)47-58(53,54)29-12-13-29)21-27(42)11-9-8-10-24(2)16-25(3)30(38(51)48(33)23-28)20-36(50)57-40(4,5)41(6,44)45/h9,11,14-15,17,19,24-25,27-30,33H,7-8,10,12-13,16,18,20-23H2,1-6H3,(H,47,52)/b11-9-/t24-,25+,27+,28+,30-,33-,42+/m0/s1. The Morgan fingerprint density at radius 2 is 1.81 bits per heavy atom. The van der Waals surface area contributed by atoms with Crippen LogP contribution < -0.4 is 14.2 Å². The average molecular weight is 834 g/mol. The van der Waals surface area contributed by atoms with Crippen LogP contribution in [0.4, 0.5) is 13.2 Å². The van der Waals surface area contributed by atoms with Crippen LogP contribution in [0.2, 0.25) is 0 Å². The van der Waals surface area contributed by atoms with E-state index in [1.165, 1.54) is 23.2 Å². The minimum absolute atomic E-state index is 0.0466. The van der Waals surface area contributed by atoms with Crippen molar-refractivity contribution in [1.82, 2.24) is 14.6 Å². The third-order valence-corrected chi connectivity index (χ3v) is 14.2. The van der Waals surface area contributed by atoms with Crippen LogP contribution in [0.15, 0.2) is 36.5 Å². The maximum absolute atomic E-state index is 15.1. The lowest BCUT2D eigenvalue weighted by Gasteiger charge is -2.34. The fourth-order valence-corrected chi connectivity index (χ4v) is 9.63. The zero-order valence-electron chi connectivity index (χ0n) is 33.9. The smallest absolute Gasteiger partial charge is 0.307 e. The van der Waals surface area contributed by atoms with Gasteiger partial charge in [0.15, 0.2) is 23.0 Å². The van der Waals surface area contributed by atoms with E-state index in [-0.39, 0.29) is 50.0 Å². The molecule has 6 rings (SSSR count). The fraction of sp³-hybridized carbons (Fsp3) is 0.643. The molecular formula is C42H54F3N3O9S. The lowest BCUT2D eigenvalue weighted by atomic mass is 9.82. The van der Waals surface area contributed by atoms with Gasteiger partial charge in [0.25, 0.3) is 5.92 Å². The Balaban J connectivity index is 1.35. The molecule has 12 nitrogen and oxygen atoms in total. The van der Waals surface area contributed by atoms with Crippen molar-refractivity contribution in [2.45, 2.75) is 128 Å². The van der Waals surface area contributed by atoms with Gasteiger partial charge in [-0.05, 0) is 101 Å². The molecule has 7 atom stereocenters. The molecule has 0 unspecified atom stereocenters. The van der Waals surface area contributed by atoms with Crippen molar-refractivity contribution < 1.29 is 55.0 Å². The Hall–Kier alpha value is -4.21. The number of alkyl halides is 2. The van der Waals surface area contributed by atoms with Crippen LogP contribution in [0.5, 0.6) is 11.6 Å². The van der Waals surface area contributed by atoms with Crippen LogP contribution in [0.1, 0.15) is 99.3 Å². The fourth-order valence-electron chi connectivity index (χ4n) is 8.25. The number of carbonyl (C=O) groups excluding carboxylic acids is 4. The van der Waals surface area contributed by atoms with Crippen LogP contribution >= 0.6 is 0 Å². The van der Waals surface area contributed by atoms with Crippen molar-refractivity contribution >= 4 is 44.4 Å². The second kappa shape index (κ2) is 16.4. The molecule has 1 N–H and O–H groups in total. The zero-order chi connectivity index (χ0) is 42.4. The van der Waals surface area contributed by atoms with Gasteiger partial charge in [0.1, 0.15) is 6.10 Å². The quantitative estimate of drug-likeness (QED) is 0.191. The molecule has 1 aromatic carbocycles. The van der Waals surface area contributed by atoms with Crippen LogP contribution in [-0.4, -0.2) is 83.9 Å². The molecule has 2 amide bonds. The van der Waals surface area contributed by atoms with E-state index in [1.54, 1.807) is 19.9 Å². The highest BCUT2D eigenvalue weighted by Crippen LogP contribution is 2.57. The molecule has 1 saturated heterocycles. The molecule has 0 spiro atoms. The number of hydrogen-bond acceptors (Lipinski definition) is 10. The number of aromatic nitrogens is 1. The molecule has 2 saturated carbocycles. The molecule has 16 heteroatoms. The van der Waals surface area contributed by atoms with Crippen molar-refractivity contribution in [2.75, 3.05) is 13.2 Å². The topological polar surface area (TPSA) is 158 Å². The molecule has 4 aliphatic rings. The van der Waals surface area contributed by atoms with Crippen LogP contribution in [-0.2, 0) is 33.9 Å². The summed E-state index contributed by atoms with van der Waals surface area (Å²) in [6.45, 7) is 8.46. The number of nitrogens with one attached hydrogen (secondary N) is 1. The first-order valence-electron chi connectivity index (χ1n) is 20.2. The number of carbonyl (C=O) groups is 4. The van der Waals surface area contributed by atoms with Crippen molar-refractivity contribution in [2.24, 2.45) is 29.1 Å². The van der Waals surface area contributed by atoms with E-state index >= 15 is 4.39 Å². The van der Waals surface area contributed by atoms with Gasteiger partial charge in [-0.1, -0.05) is 26.0 Å². The Morgan fingerprint density at radius 3 is 2.48 bits per heavy atom. The normalized spacial score (nSPS) is 29.1. The number of halogens is 3. The maximum atomic E-state index is 15.1. The van der Waals surface area contributed by atoms with Gasteiger partial charge in [-0.15, -0.1) is 0 Å². The minimum Gasteiger partial charge on any atom is -0.491 e. The van der Waals surface area contributed by atoms with Gasteiger partial charge in [-0.25, -0.2) is 26.6 Å². The number of Topliss-reactive ketones (excluding diaryl/α,β-unsaturated/α-hetero) is 1. The third-order valence-electron chi connectivity index (χ3n) is 12.3. The summed E-state index contributed by atoms with van der Waals surface area (Å²) in [5.74, 6) is -8.68. The summed E-state index contributed by atoms with van der Waals surface area (Å²) >= 11 is 0. The van der Waals surface area contributed by atoms with E-state index in [2.05, 4.69) is 9.71 Å². The SMILES string of the molecule is CCOc1cc2ccnc(O[C@@H]3C[C@H]4C(=O)C[C@]5(C(=O)NS(=O)(=O)C6CC6)C[C@H]5/C=C\CC[C@H](C)C[C@@H](C)[C@H](CC(=O)OC(C)(C)C(C)(F)F)C(=O)N4C3)c2cc1F. The van der Waals surface area contributed by atoms with Crippen LogP contribution in [0.3, 0.4) is 0 Å². The van der Waals surface area contributed by atoms with Gasteiger partial charge in [-0.3, -0.25) is 23.9 Å². The number of ketones is 1. The summed E-state index contributed by atoms with van der Waals surface area (Å²) in [7, 11) is -3.93. The van der Waals surface area contributed by atoms with E-state index in [4.69, 9.17) is 14.2 Å². The lowest BCUT2D eigenvalue weighted by Crippen LogP contribution is -2.48. The number of nitrogens with zero attached hydrogens (tertiary/aromatic N) is 2. The largest absolute Gasteiger partial charge is 0.491 e. The highest BCUT2D eigenvalue weighted by atomic mass is 32.2. The number of pyridine rings is 1. The lowest BCUT2D eigenvalue weighted by molar-refractivity contribution is -0.197. The predicted octanol–water partition coefficient (Wildman–Crippen LogP) is 6.69. The molecule has 3 fully saturated rings. The number of esters is 1. The summed E-state index contributed by atoms with van der Waals surface area (Å²) < 4.78 is 89.0. The van der Waals surface area contributed by atoms with Gasteiger partial charge in [0.2, 0.25) is 27.7 Å². The number of allylic oxidation sites excluding steroid dienone is 2. The molecule has 0 radical (unpaired) electrons. The molecule has 1 aromatic heterocycles. The number of ether oxygens (including phenoxy) is 3. The summed E-state index contributed by atoms with van der Waals surface area (Å²) in [4.78, 5) is 62.4. The van der Waals surface area contributed by atoms with Crippen molar-refractivity contribution in [3.63, 3.8) is 0 Å². The molecule has 2 aliphatic heterocycles. The minimum atomic E-state index is -3.93. The number of benzene rings is 1. The average Bonchev–Trinajstić information content (AvgIpc) is 4.05. The number of hydrogen-bond donors (Lipinski definition) is 1. The summed E-state index contributed by atoms with van der Waals surface area (Å²) in [6.07, 6.45) is 6.34. The van der Waals surface area contributed by atoms with E-state index in [0.717, 1.165) is 13.8 Å². The Morgan fingerprint density at radius 1 is 1.09 bits per heavy atom. The van der Waals surface area contributed by atoms with Crippen molar-refractivity contribution in [3.05, 3.63) is 42.4 Å². The Kier molecular flexibility index (Phi) is 12.3. The summed E-state index contributed by atoms with van der Waals surface area (Å²) in [6, 6.07) is 3.24. The molecule has 2 aromatic rings. The summed E-state index contributed by atoms with van der Waals surface area (Å²) in [5, 5.41) is 0.227. The molecule has 3 heterocycles. The first kappa shape index (κ1) is 43.4. The predicted molar refractivity (Wildman–Crippen MR) is 208 cm³/mol. The van der Waals surface area contributed by atoms with E-state index in [1.807, 2.05) is 19.1 Å². The van der Waals surface area contributed by atoms with Gasteiger partial charge in [0, 0.05) is 31.3 Å². The van der Waals surface area contributed by atoms with Crippen molar-refractivity contribution in [3.8, 4) is 11.6 Å². The zero-order valence-corrected chi connectivity index (χ0v) is 34.7. The number of amides is 2. The van der Waals surface area contributed by atoms with Gasteiger partial charge >= 0.3 is 5.97 Å². The monoisotopic (exact) mass is 833 g/mol. The van der Waals surface area contributed by atoms with E-state index in [0.29, 0.717) is 49.8 Å². The molecule has 58 heavy (non-hydrogen) atoms. The molecule has 0 bridgehead atoms. The molecule has 318 valence electrons. The summed E-state index contributed by atoms with van der Waals surface area (Å²) in [5.41, 5.74) is -3.53. The first-order chi connectivity index (χ1) is 27.2. The van der Waals surface area contributed by atoms with Gasteiger partial charge in [0.05, 0.1) is 42.2 Å².